The van der Waals surface area contributed by atoms with Crippen LogP contribution in [0.15, 0.2) is 18.2 Å². The molecule has 1 rings (SSSR count). The molecule has 0 aromatic carbocycles. The fourth-order valence-electron chi connectivity index (χ4n) is 1.39. The Morgan fingerprint density at radius 2 is 1.23 bits per heavy atom. The van der Waals surface area contributed by atoms with Crippen LogP contribution in [0.1, 0.15) is 41.5 Å². The molecule has 1 aromatic rings. The molecule has 0 aliphatic rings. The van der Waals surface area contributed by atoms with Crippen molar-refractivity contribution < 1.29 is 19.1 Å². The quantitative estimate of drug-likeness (QED) is 0.867. The first-order valence-electron chi connectivity index (χ1n) is 6.92. The second kappa shape index (κ2) is 6.64. The van der Waals surface area contributed by atoms with Crippen molar-refractivity contribution in [3.05, 3.63) is 18.2 Å². The Hall–Kier alpha value is -2.31. The molecule has 2 N–H and O–H groups in total. The topological polar surface area (TPSA) is 89.6 Å². The molecular weight excluding hydrogens is 286 g/mol. The van der Waals surface area contributed by atoms with Crippen LogP contribution in [-0.4, -0.2) is 28.4 Å². The van der Waals surface area contributed by atoms with Crippen molar-refractivity contribution in [1.82, 2.24) is 4.98 Å². The van der Waals surface area contributed by atoms with E-state index >= 15 is 0 Å². The summed E-state index contributed by atoms with van der Waals surface area (Å²) in [5.74, 6) is 0.533. The number of rotatable bonds is 2. The zero-order valence-electron chi connectivity index (χ0n) is 13.8. The number of carbonyl (C=O) groups excluding carboxylic acids is 2. The lowest BCUT2D eigenvalue weighted by Crippen LogP contribution is -2.28. The smallest absolute Gasteiger partial charge is 0.413 e. The van der Waals surface area contributed by atoms with Gasteiger partial charge in [-0.25, -0.2) is 14.6 Å². The molecule has 0 fully saturated rings. The van der Waals surface area contributed by atoms with Gasteiger partial charge in [-0.2, -0.15) is 0 Å². The Balaban J connectivity index is 2.66. The summed E-state index contributed by atoms with van der Waals surface area (Å²) in [4.78, 5) is 27.4. The largest absolute Gasteiger partial charge is 0.444 e. The van der Waals surface area contributed by atoms with Crippen LogP contribution in [0.5, 0.6) is 0 Å². The summed E-state index contributed by atoms with van der Waals surface area (Å²) in [7, 11) is 0. The molecule has 0 radical (unpaired) electrons. The number of pyridine rings is 1. The minimum Gasteiger partial charge on any atom is -0.444 e. The van der Waals surface area contributed by atoms with Crippen LogP contribution >= 0.6 is 0 Å². The standard InChI is InChI=1S/C15H23N3O4/c1-14(2,3)21-12(19)17-10-8-7-9-11(16-10)18-13(20)22-15(4,5)6/h7-9H,1-6H3,(H2,16,17,18,19,20). The first-order valence-corrected chi connectivity index (χ1v) is 6.92. The van der Waals surface area contributed by atoms with Gasteiger partial charge in [0.2, 0.25) is 0 Å². The van der Waals surface area contributed by atoms with E-state index in [9.17, 15) is 9.59 Å². The molecule has 0 atom stereocenters. The number of aromatic nitrogens is 1. The van der Waals surface area contributed by atoms with E-state index in [1.807, 2.05) is 0 Å². The van der Waals surface area contributed by atoms with Crippen molar-refractivity contribution in [3.63, 3.8) is 0 Å². The summed E-state index contributed by atoms with van der Waals surface area (Å²) in [5.41, 5.74) is -1.20. The molecule has 0 aliphatic carbocycles. The lowest BCUT2D eigenvalue weighted by atomic mass is 10.2. The first kappa shape index (κ1) is 17.7. The van der Waals surface area contributed by atoms with Crippen LogP contribution in [0.2, 0.25) is 0 Å². The number of nitrogens with zero attached hydrogens (tertiary/aromatic N) is 1. The lowest BCUT2D eigenvalue weighted by molar-refractivity contribution is 0.0625. The molecule has 0 saturated carbocycles. The van der Waals surface area contributed by atoms with Gasteiger partial charge in [-0.1, -0.05) is 6.07 Å². The Bertz CT molecular complexity index is 499. The maximum atomic E-state index is 11.7. The Labute approximate surface area is 130 Å². The summed E-state index contributed by atoms with van der Waals surface area (Å²) < 4.78 is 10.3. The maximum Gasteiger partial charge on any atom is 0.413 e. The molecule has 7 heteroatoms. The highest BCUT2D eigenvalue weighted by molar-refractivity contribution is 5.86. The van der Waals surface area contributed by atoms with Crippen molar-refractivity contribution in [2.45, 2.75) is 52.7 Å². The van der Waals surface area contributed by atoms with Crippen molar-refractivity contribution in [2.24, 2.45) is 0 Å². The summed E-state index contributed by atoms with van der Waals surface area (Å²) in [5, 5.41) is 4.99. The second-order valence-corrected chi connectivity index (χ2v) is 6.66. The number of amides is 2. The predicted octanol–water partition coefficient (Wildman–Crippen LogP) is 3.78. The van der Waals surface area contributed by atoms with Gasteiger partial charge in [0.15, 0.2) is 0 Å². The second-order valence-electron chi connectivity index (χ2n) is 6.66. The number of hydrogen-bond acceptors (Lipinski definition) is 5. The maximum absolute atomic E-state index is 11.7. The molecule has 0 bridgehead atoms. The van der Waals surface area contributed by atoms with Crippen molar-refractivity contribution >= 4 is 23.8 Å². The highest BCUT2D eigenvalue weighted by Crippen LogP contribution is 2.14. The molecule has 0 spiro atoms. The number of ether oxygens (including phenoxy) is 2. The van der Waals surface area contributed by atoms with Gasteiger partial charge in [0.1, 0.15) is 22.8 Å². The first-order chi connectivity index (χ1) is 9.94. The minimum atomic E-state index is -0.616. The molecule has 2 amide bonds. The molecular formula is C15H23N3O4. The van der Waals surface area contributed by atoms with E-state index in [0.717, 1.165) is 0 Å². The van der Waals surface area contributed by atoms with E-state index in [1.165, 1.54) is 0 Å². The SMILES string of the molecule is CC(C)(C)OC(=O)Nc1cccc(NC(=O)OC(C)(C)C)n1. The Morgan fingerprint density at radius 1 is 0.864 bits per heavy atom. The van der Waals surface area contributed by atoms with Gasteiger partial charge in [-0.3, -0.25) is 10.6 Å². The number of nitrogens with one attached hydrogen (secondary N) is 2. The molecule has 0 unspecified atom stereocenters. The molecule has 1 heterocycles. The van der Waals surface area contributed by atoms with Crippen LogP contribution in [-0.2, 0) is 9.47 Å². The molecule has 7 nitrogen and oxygen atoms in total. The number of hydrogen-bond donors (Lipinski definition) is 2. The third kappa shape index (κ3) is 7.47. The van der Waals surface area contributed by atoms with Crippen molar-refractivity contribution in [1.29, 1.82) is 0 Å². The normalized spacial score (nSPS) is 11.5. The molecule has 0 saturated heterocycles. The fourth-order valence-corrected chi connectivity index (χ4v) is 1.39. The van der Waals surface area contributed by atoms with Crippen LogP contribution < -0.4 is 10.6 Å². The van der Waals surface area contributed by atoms with Crippen LogP contribution in [0.25, 0.3) is 0 Å². The average molecular weight is 309 g/mol. The monoisotopic (exact) mass is 309 g/mol. The van der Waals surface area contributed by atoms with E-state index in [1.54, 1.807) is 59.7 Å². The highest BCUT2D eigenvalue weighted by atomic mass is 16.6. The predicted molar refractivity (Wildman–Crippen MR) is 84.0 cm³/mol. The Kier molecular flexibility index (Phi) is 5.35. The molecule has 122 valence electrons. The van der Waals surface area contributed by atoms with E-state index in [2.05, 4.69) is 15.6 Å². The summed E-state index contributed by atoms with van der Waals surface area (Å²) in [6.45, 7) is 10.6. The number of anilines is 2. The van der Waals surface area contributed by atoms with E-state index in [4.69, 9.17) is 9.47 Å². The highest BCUT2D eigenvalue weighted by Gasteiger charge is 2.18. The van der Waals surface area contributed by atoms with E-state index in [0.29, 0.717) is 0 Å². The number of carbonyl (C=O) groups is 2. The van der Waals surface area contributed by atoms with Gasteiger partial charge in [0, 0.05) is 0 Å². The van der Waals surface area contributed by atoms with Gasteiger partial charge in [0.05, 0.1) is 0 Å². The zero-order valence-corrected chi connectivity index (χ0v) is 13.8. The van der Waals surface area contributed by atoms with Gasteiger partial charge < -0.3 is 9.47 Å². The van der Waals surface area contributed by atoms with Gasteiger partial charge >= 0.3 is 12.2 Å². The zero-order chi connectivity index (χ0) is 17.0. The average Bonchev–Trinajstić information content (AvgIpc) is 2.22. The summed E-state index contributed by atoms with van der Waals surface area (Å²) in [6.07, 6.45) is -1.23. The molecule has 1 aromatic heterocycles. The third-order valence-corrected chi connectivity index (χ3v) is 2.01. The molecule has 22 heavy (non-hydrogen) atoms. The summed E-state index contributed by atoms with van der Waals surface area (Å²) >= 11 is 0. The van der Waals surface area contributed by atoms with Gasteiger partial charge in [-0.05, 0) is 53.7 Å². The van der Waals surface area contributed by atoms with E-state index in [-0.39, 0.29) is 11.6 Å². The van der Waals surface area contributed by atoms with Crippen LogP contribution in [0, 0.1) is 0 Å². The fraction of sp³-hybridized carbons (Fsp3) is 0.533. The van der Waals surface area contributed by atoms with Gasteiger partial charge in [-0.15, -0.1) is 0 Å². The third-order valence-electron chi connectivity index (χ3n) is 2.01. The molecule has 0 aliphatic heterocycles. The van der Waals surface area contributed by atoms with Gasteiger partial charge in [0.25, 0.3) is 0 Å². The van der Waals surface area contributed by atoms with Crippen molar-refractivity contribution in [2.75, 3.05) is 10.6 Å². The lowest BCUT2D eigenvalue weighted by Gasteiger charge is -2.20. The minimum absolute atomic E-state index is 0.266. The van der Waals surface area contributed by atoms with Crippen molar-refractivity contribution in [3.8, 4) is 0 Å². The van der Waals surface area contributed by atoms with Crippen LogP contribution in [0.4, 0.5) is 21.2 Å². The van der Waals surface area contributed by atoms with Crippen LogP contribution in [0.3, 0.4) is 0 Å². The Morgan fingerprint density at radius 3 is 1.55 bits per heavy atom. The summed E-state index contributed by atoms with van der Waals surface area (Å²) in [6, 6.07) is 4.82. The van der Waals surface area contributed by atoms with E-state index < -0.39 is 23.4 Å².